The summed E-state index contributed by atoms with van der Waals surface area (Å²) >= 11 is 0. The Balaban J connectivity index is 2.89. The van der Waals surface area contributed by atoms with Crippen molar-refractivity contribution >= 4 is 11.9 Å². The van der Waals surface area contributed by atoms with Gasteiger partial charge in [0.1, 0.15) is 5.60 Å². The van der Waals surface area contributed by atoms with E-state index < -0.39 is 41.1 Å². The molecule has 122 valence electrons. The maximum absolute atomic E-state index is 13.1. The van der Waals surface area contributed by atoms with Crippen LogP contribution in [0, 0.1) is 17.6 Å². The molecule has 0 aliphatic carbocycles. The molecule has 7 heteroatoms. The monoisotopic (exact) mass is 315 g/mol. The highest BCUT2D eigenvalue weighted by atomic mass is 19.2. The van der Waals surface area contributed by atoms with E-state index in [1.807, 2.05) is 0 Å². The van der Waals surface area contributed by atoms with Crippen molar-refractivity contribution in [3.8, 4) is 0 Å². The van der Waals surface area contributed by atoms with Crippen molar-refractivity contribution < 1.29 is 28.2 Å². The zero-order valence-corrected chi connectivity index (χ0v) is 12.6. The first-order valence-electron chi connectivity index (χ1n) is 6.66. The number of benzene rings is 1. The molecule has 0 radical (unpaired) electrons. The fourth-order valence-electron chi connectivity index (χ4n) is 1.88. The van der Waals surface area contributed by atoms with Crippen LogP contribution in [0.15, 0.2) is 18.2 Å². The summed E-state index contributed by atoms with van der Waals surface area (Å²) in [5, 5.41) is 9.17. The average Bonchev–Trinajstić information content (AvgIpc) is 2.31. The summed E-state index contributed by atoms with van der Waals surface area (Å²) in [7, 11) is 0. The highest BCUT2D eigenvalue weighted by Gasteiger charge is 2.36. The highest BCUT2D eigenvalue weighted by molar-refractivity contribution is 5.95. The summed E-state index contributed by atoms with van der Waals surface area (Å²) in [6.45, 7) is 4.81. The Morgan fingerprint density at radius 3 is 2.32 bits per heavy atom. The van der Waals surface area contributed by atoms with Gasteiger partial charge in [0.25, 0.3) is 0 Å². The number of halogens is 2. The van der Waals surface area contributed by atoms with Crippen LogP contribution in [0.25, 0.3) is 0 Å². The Morgan fingerprint density at radius 1 is 1.27 bits per heavy atom. The van der Waals surface area contributed by atoms with Gasteiger partial charge < -0.3 is 15.6 Å². The smallest absolute Gasteiger partial charge is 0.322 e. The van der Waals surface area contributed by atoms with Crippen molar-refractivity contribution in [1.29, 1.82) is 0 Å². The molecular weight excluding hydrogens is 296 g/mol. The van der Waals surface area contributed by atoms with Gasteiger partial charge in [-0.2, -0.15) is 0 Å². The minimum atomic E-state index is -1.59. The van der Waals surface area contributed by atoms with Gasteiger partial charge in [0.15, 0.2) is 17.6 Å². The van der Waals surface area contributed by atoms with Crippen LogP contribution in [-0.2, 0) is 20.7 Å². The lowest BCUT2D eigenvalue weighted by molar-refractivity contribution is -0.167. The third kappa shape index (κ3) is 5.07. The van der Waals surface area contributed by atoms with Crippen LogP contribution < -0.4 is 5.73 Å². The molecule has 0 bridgehead atoms. The molecule has 5 nitrogen and oxygen atoms in total. The number of hydrogen-bond acceptors (Lipinski definition) is 4. The number of esters is 1. The quantitative estimate of drug-likeness (QED) is 0.639. The Labute approximate surface area is 127 Å². The standard InChI is InChI=1S/C15H19F2NO4/c1-15(2,3)22-14(21)12(13(19)20)11(18)7-8-4-5-9(16)10(17)6-8/h4-6,11-12H,7,18H2,1-3H3,(H,19,20)/t11?,12-/m1/s1. The summed E-state index contributed by atoms with van der Waals surface area (Å²) in [5.74, 6) is -6.06. The van der Waals surface area contributed by atoms with Crippen molar-refractivity contribution in [3.05, 3.63) is 35.4 Å². The van der Waals surface area contributed by atoms with Crippen LogP contribution in [0.3, 0.4) is 0 Å². The lowest BCUT2D eigenvalue weighted by atomic mass is 9.94. The second-order valence-electron chi connectivity index (χ2n) is 5.97. The number of carboxylic acid groups (broad SMARTS) is 1. The third-order valence-electron chi connectivity index (χ3n) is 2.81. The Bertz CT molecular complexity index is 569. The van der Waals surface area contributed by atoms with Crippen LogP contribution in [0.1, 0.15) is 26.3 Å². The van der Waals surface area contributed by atoms with E-state index in [0.717, 1.165) is 12.1 Å². The molecule has 0 saturated heterocycles. The molecule has 0 fully saturated rings. The first-order chi connectivity index (χ1) is 10.0. The van der Waals surface area contributed by atoms with Gasteiger partial charge in [-0.05, 0) is 44.9 Å². The van der Waals surface area contributed by atoms with E-state index in [9.17, 15) is 23.5 Å². The van der Waals surface area contributed by atoms with Gasteiger partial charge in [-0.1, -0.05) is 6.07 Å². The molecule has 0 spiro atoms. The van der Waals surface area contributed by atoms with E-state index in [0.29, 0.717) is 5.56 Å². The van der Waals surface area contributed by atoms with E-state index in [1.165, 1.54) is 6.07 Å². The first kappa shape index (κ1) is 18.0. The molecule has 22 heavy (non-hydrogen) atoms. The Hall–Kier alpha value is -2.02. The topological polar surface area (TPSA) is 89.6 Å². The fourth-order valence-corrected chi connectivity index (χ4v) is 1.88. The van der Waals surface area contributed by atoms with Gasteiger partial charge >= 0.3 is 11.9 Å². The van der Waals surface area contributed by atoms with Crippen LogP contribution in [0.5, 0.6) is 0 Å². The maximum Gasteiger partial charge on any atom is 0.322 e. The molecule has 0 aliphatic heterocycles. The minimum Gasteiger partial charge on any atom is -0.481 e. The molecule has 3 N–H and O–H groups in total. The molecular formula is C15H19F2NO4. The van der Waals surface area contributed by atoms with Crippen LogP contribution in [0.4, 0.5) is 8.78 Å². The van der Waals surface area contributed by atoms with Crippen molar-refractivity contribution in [2.24, 2.45) is 11.7 Å². The van der Waals surface area contributed by atoms with Gasteiger partial charge in [-0.25, -0.2) is 8.78 Å². The zero-order chi connectivity index (χ0) is 17.1. The largest absolute Gasteiger partial charge is 0.481 e. The van der Waals surface area contributed by atoms with E-state index in [1.54, 1.807) is 20.8 Å². The number of carbonyl (C=O) groups is 2. The minimum absolute atomic E-state index is 0.104. The predicted molar refractivity (Wildman–Crippen MR) is 75.0 cm³/mol. The third-order valence-corrected chi connectivity index (χ3v) is 2.81. The second kappa shape index (κ2) is 6.83. The number of aliphatic carboxylic acids is 1. The summed E-state index contributed by atoms with van der Waals surface area (Å²) in [4.78, 5) is 23.2. The normalized spacial score (nSPS) is 14.3. The molecule has 0 heterocycles. The number of carbonyl (C=O) groups excluding carboxylic acids is 1. The van der Waals surface area contributed by atoms with Crippen molar-refractivity contribution in [2.75, 3.05) is 0 Å². The molecule has 1 aromatic carbocycles. The molecule has 1 rings (SSSR count). The van der Waals surface area contributed by atoms with E-state index in [4.69, 9.17) is 10.5 Å². The summed E-state index contributed by atoms with van der Waals surface area (Å²) < 4.78 is 31.0. The van der Waals surface area contributed by atoms with Gasteiger partial charge in [0, 0.05) is 6.04 Å². The molecule has 0 aliphatic rings. The molecule has 2 atom stereocenters. The van der Waals surface area contributed by atoms with Crippen LogP contribution in [-0.4, -0.2) is 28.7 Å². The molecule has 0 saturated carbocycles. The number of hydrogen-bond donors (Lipinski definition) is 2. The van der Waals surface area contributed by atoms with Gasteiger partial charge in [0.05, 0.1) is 0 Å². The van der Waals surface area contributed by atoms with E-state index in [-0.39, 0.29) is 6.42 Å². The summed E-state index contributed by atoms with van der Waals surface area (Å²) in [5.41, 5.74) is 5.20. The second-order valence-corrected chi connectivity index (χ2v) is 5.97. The Kier molecular flexibility index (Phi) is 5.59. The first-order valence-corrected chi connectivity index (χ1v) is 6.66. The van der Waals surface area contributed by atoms with Gasteiger partial charge in [0.2, 0.25) is 0 Å². The van der Waals surface area contributed by atoms with E-state index >= 15 is 0 Å². The lowest BCUT2D eigenvalue weighted by Gasteiger charge is -2.25. The molecule has 1 unspecified atom stereocenters. The van der Waals surface area contributed by atoms with Crippen molar-refractivity contribution in [2.45, 2.75) is 38.8 Å². The molecule has 0 aromatic heterocycles. The zero-order valence-electron chi connectivity index (χ0n) is 12.6. The van der Waals surface area contributed by atoms with Gasteiger partial charge in [-0.3, -0.25) is 9.59 Å². The highest BCUT2D eigenvalue weighted by Crippen LogP contribution is 2.17. The SMILES string of the molecule is CC(C)(C)OC(=O)[C@@H](C(=O)O)C(N)Cc1ccc(F)c(F)c1. The number of nitrogens with two attached hydrogens (primary N) is 1. The average molecular weight is 315 g/mol. The summed E-state index contributed by atoms with van der Waals surface area (Å²) in [6, 6.07) is 1.99. The van der Waals surface area contributed by atoms with Crippen molar-refractivity contribution in [1.82, 2.24) is 0 Å². The number of rotatable bonds is 5. The Morgan fingerprint density at radius 2 is 1.86 bits per heavy atom. The fraction of sp³-hybridized carbons (Fsp3) is 0.467. The molecule has 1 aromatic rings. The molecule has 0 amide bonds. The summed E-state index contributed by atoms with van der Waals surface area (Å²) in [6.07, 6.45) is -0.104. The van der Waals surface area contributed by atoms with E-state index in [2.05, 4.69) is 0 Å². The van der Waals surface area contributed by atoms with Crippen LogP contribution >= 0.6 is 0 Å². The predicted octanol–water partition coefficient (Wildman–Crippen LogP) is 1.88. The van der Waals surface area contributed by atoms with Gasteiger partial charge in [-0.15, -0.1) is 0 Å². The van der Waals surface area contributed by atoms with Crippen molar-refractivity contribution in [3.63, 3.8) is 0 Å². The maximum atomic E-state index is 13.1. The number of carboxylic acids is 1. The lowest BCUT2D eigenvalue weighted by Crippen LogP contribution is -2.45. The number of ether oxygens (including phenoxy) is 1. The van der Waals surface area contributed by atoms with Crippen LogP contribution in [0.2, 0.25) is 0 Å².